The predicted molar refractivity (Wildman–Crippen MR) is 139 cm³/mol. The van der Waals surface area contributed by atoms with Crippen LogP contribution in [0.5, 0.6) is 23.0 Å². The van der Waals surface area contributed by atoms with Crippen LogP contribution in [-0.4, -0.2) is 53.5 Å². The fourth-order valence-corrected chi connectivity index (χ4v) is 5.09. The first kappa shape index (κ1) is 26.8. The second-order valence-electron chi connectivity index (χ2n) is 7.21. The number of carbonyl (C=O) groups is 1. The van der Waals surface area contributed by atoms with Crippen molar-refractivity contribution in [1.29, 1.82) is 0 Å². The molecular weight excluding hydrogens is 554 g/mol. The number of amides is 1. The van der Waals surface area contributed by atoms with Crippen LogP contribution >= 0.6 is 15.9 Å². The van der Waals surface area contributed by atoms with E-state index in [1.54, 1.807) is 30.3 Å². The number of sulfonamides is 1. The van der Waals surface area contributed by atoms with Crippen molar-refractivity contribution in [2.75, 3.05) is 32.2 Å². The van der Waals surface area contributed by atoms with Crippen molar-refractivity contribution in [2.24, 2.45) is 5.10 Å². The molecule has 0 spiro atoms. The molecule has 36 heavy (non-hydrogen) atoms. The molecule has 0 fully saturated rings. The van der Waals surface area contributed by atoms with E-state index in [-0.39, 0.29) is 27.8 Å². The quantitative estimate of drug-likeness (QED) is 0.279. The fourth-order valence-electron chi connectivity index (χ4n) is 3.18. The van der Waals surface area contributed by atoms with Gasteiger partial charge in [-0.1, -0.05) is 18.2 Å². The van der Waals surface area contributed by atoms with Crippen molar-refractivity contribution in [3.05, 3.63) is 70.7 Å². The summed E-state index contributed by atoms with van der Waals surface area (Å²) >= 11 is 3.21. The first-order valence-electron chi connectivity index (χ1n) is 10.4. The van der Waals surface area contributed by atoms with E-state index in [4.69, 9.17) is 14.2 Å². The Bertz CT molecular complexity index is 1370. The lowest BCUT2D eigenvalue weighted by Crippen LogP contribution is -2.39. The number of carbonyl (C=O) groups excluding carboxylic acids is 1. The minimum absolute atomic E-state index is 0.000195. The number of nitrogens with one attached hydrogen (secondary N) is 1. The molecule has 0 aliphatic heterocycles. The maximum Gasteiger partial charge on any atom is 0.264 e. The second-order valence-corrected chi connectivity index (χ2v) is 9.93. The second kappa shape index (κ2) is 11.8. The number of ether oxygens (including phenoxy) is 3. The molecule has 3 aromatic carbocycles. The first-order valence-corrected chi connectivity index (χ1v) is 12.6. The monoisotopic (exact) mass is 577 g/mol. The number of halogens is 1. The van der Waals surface area contributed by atoms with E-state index in [1.807, 2.05) is 0 Å². The van der Waals surface area contributed by atoms with Gasteiger partial charge in [0.25, 0.3) is 15.9 Å². The number of hydrogen-bond acceptors (Lipinski definition) is 8. The highest BCUT2D eigenvalue weighted by Crippen LogP contribution is 2.36. The summed E-state index contributed by atoms with van der Waals surface area (Å²) in [5.41, 5.74) is 2.99. The van der Waals surface area contributed by atoms with Gasteiger partial charge in [-0.2, -0.15) is 5.10 Å². The SMILES string of the molecule is COc1ccc(N(CC(=O)N/N=C\c2cc(Br)c(O)c(OC)c2)S(=O)(=O)c2ccccc2)c(OC)c1. The number of methoxy groups -OCH3 is 3. The summed E-state index contributed by atoms with van der Waals surface area (Å²) in [4.78, 5) is 12.8. The van der Waals surface area contributed by atoms with Gasteiger partial charge in [0.05, 0.1) is 42.6 Å². The van der Waals surface area contributed by atoms with Gasteiger partial charge in [-0.05, 0) is 57.9 Å². The molecule has 0 saturated carbocycles. The zero-order valence-corrected chi connectivity index (χ0v) is 22.0. The predicted octanol–water partition coefficient (Wildman–Crippen LogP) is 3.53. The van der Waals surface area contributed by atoms with Gasteiger partial charge in [0.15, 0.2) is 11.5 Å². The minimum Gasteiger partial charge on any atom is -0.503 e. The molecule has 1 amide bonds. The topological polar surface area (TPSA) is 127 Å². The maximum atomic E-state index is 13.5. The van der Waals surface area contributed by atoms with Gasteiger partial charge >= 0.3 is 0 Å². The van der Waals surface area contributed by atoms with E-state index in [9.17, 15) is 18.3 Å². The zero-order chi connectivity index (χ0) is 26.3. The lowest BCUT2D eigenvalue weighted by atomic mass is 10.2. The van der Waals surface area contributed by atoms with Crippen molar-refractivity contribution >= 4 is 43.8 Å². The lowest BCUT2D eigenvalue weighted by Gasteiger charge is -2.25. The number of nitrogens with zero attached hydrogens (tertiary/aromatic N) is 2. The molecule has 0 aliphatic carbocycles. The van der Waals surface area contributed by atoms with E-state index in [0.29, 0.717) is 15.8 Å². The Morgan fingerprint density at radius 2 is 1.72 bits per heavy atom. The zero-order valence-electron chi connectivity index (χ0n) is 19.6. The molecule has 190 valence electrons. The fraction of sp³-hybridized carbons (Fsp3) is 0.167. The Labute approximate surface area is 217 Å². The van der Waals surface area contributed by atoms with E-state index >= 15 is 0 Å². The molecule has 0 atom stereocenters. The van der Waals surface area contributed by atoms with Crippen LogP contribution in [0.2, 0.25) is 0 Å². The lowest BCUT2D eigenvalue weighted by molar-refractivity contribution is -0.119. The first-order chi connectivity index (χ1) is 17.2. The normalized spacial score (nSPS) is 11.2. The van der Waals surface area contributed by atoms with Crippen LogP contribution in [0.3, 0.4) is 0 Å². The van der Waals surface area contributed by atoms with Gasteiger partial charge in [0.1, 0.15) is 18.0 Å². The summed E-state index contributed by atoms with van der Waals surface area (Å²) in [5, 5.41) is 13.8. The summed E-state index contributed by atoms with van der Waals surface area (Å²) < 4.78 is 44.0. The van der Waals surface area contributed by atoms with E-state index in [2.05, 4.69) is 26.5 Å². The standard InChI is InChI=1S/C24H24BrN3O7S/c1-33-17-9-10-20(21(13-17)34-2)28(36(31,32)18-7-5-4-6-8-18)15-23(29)27-26-14-16-11-19(25)24(30)22(12-16)35-3/h4-14,30H,15H2,1-3H3,(H,27,29)/b26-14-. The molecule has 2 N–H and O–H groups in total. The van der Waals surface area contributed by atoms with Gasteiger partial charge in [0, 0.05) is 6.07 Å². The van der Waals surface area contributed by atoms with Crippen LogP contribution < -0.4 is 23.9 Å². The number of benzene rings is 3. The average Bonchev–Trinajstić information content (AvgIpc) is 2.89. The number of phenolic OH excluding ortho intramolecular Hbond substituents is 1. The summed E-state index contributed by atoms with van der Waals surface area (Å²) in [6.07, 6.45) is 1.33. The highest BCUT2D eigenvalue weighted by molar-refractivity contribution is 9.10. The largest absolute Gasteiger partial charge is 0.503 e. The Morgan fingerprint density at radius 3 is 2.36 bits per heavy atom. The van der Waals surface area contributed by atoms with Crippen LogP contribution in [0.25, 0.3) is 0 Å². The number of aromatic hydroxyl groups is 1. The van der Waals surface area contributed by atoms with Gasteiger partial charge in [-0.15, -0.1) is 0 Å². The van der Waals surface area contributed by atoms with Gasteiger partial charge in [-0.25, -0.2) is 13.8 Å². The molecule has 3 aromatic rings. The molecule has 0 saturated heterocycles. The number of rotatable bonds is 10. The number of hydrazone groups is 1. The number of phenols is 1. The average molecular weight is 578 g/mol. The molecule has 0 unspecified atom stereocenters. The summed E-state index contributed by atoms with van der Waals surface area (Å²) in [6, 6.07) is 15.4. The van der Waals surface area contributed by atoms with Gasteiger partial charge in [0.2, 0.25) is 0 Å². The Morgan fingerprint density at radius 1 is 1.03 bits per heavy atom. The van der Waals surface area contributed by atoms with Crippen molar-refractivity contribution in [3.63, 3.8) is 0 Å². The van der Waals surface area contributed by atoms with Gasteiger partial charge in [-0.3, -0.25) is 9.10 Å². The molecular formula is C24H24BrN3O7S. The van der Waals surface area contributed by atoms with Crippen molar-refractivity contribution in [3.8, 4) is 23.0 Å². The third-order valence-electron chi connectivity index (χ3n) is 4.95. The molecule has 0 heterocycles. The highest BCUT2D eigenvalue weighted by atomic mass is 79.9. The Balaban J connectivity index is 1.91. The molecule has 0 bridgehead atoms. The van der Waals surface area contributed by atoms with Crippen LogP contribution in [0, 0.1) is 0 Å². The summed E-state index contributed by atoms with van der Waals surface area (Å²) in [5.74, 6) is 0.0922. The van der Waals surface area contributed by atoms with Crippen LogP contribution in [0.4, 0.5) is 5.69 Å². The molecule has 10 nitrogen and oxygen atoms in total. The highest BCUT2D eigenvalue weighted by Gasteiger charge is 2.29. The van der Waals surface area contributed by atoms with Crippen molar-refractivity contribution < 1.29 is 32.5 Å². The minimum atomic E-state index is -4.15. The maximum absolute atomic E-state index is 13.5. The smallest absolute Gasteiger partial charge is 0.264 e. The van der Waals surface area contributed by atoms with Gasteiger partial charge < -0.3 is 19.3 Å². The molecule has 12 heteroatoms. The van der Waals surface area contributed by atoms with Crippen LogP contribution in [-0.2, 0) is 14.8 Å². The Kier molecular flexibility index (Phi) is 8.78. The van der Waals surface area contributed by atoms with Crippen LogP contribution in [0.15, 0.2) is 75.1 Å². The molecule has 0 aliphatic rings. The molecule has 0 aromatic heterocycles. The van der Waals surface area contributed by atoms with Crippen molar-refractivity contribution in [2.45, 2.75) is 4.90 Å². The summed E-state index contributed by atoms with van der Waals surface area (Å²) in [6.45, 7) is -0.583. The van der Waals surface area contributed by atoms with E-state index < -0.39 is 22.5 Å². The Hall–Kier alpha value is -3.77. The van der Waals surface area contributed by atoms with E-state index in [1.165, 1.54) is 57.9 Å². The van der Waals surface area contributed by atoms with Crippen molar-refractivity contribution in [1.82, 2.24) is 5.43 Å². The van der Waals surface area contributed by atoms with Crippen LogP contribution in [0.1, 0.15) is 5.56 Å². The summed E-state index contributed by atoms with van der Waals surface area (Å²) in [7, 11) is 0.115. The van der Waals surface area contributed by atoms with E-state index in [0.717, 1.165) is 4.31 Å². The number of hydrogen-bond donors (Lipinski definition) is 2. The molecule has 0 radical (unpaired) electrons. The molecule has 3 rings (SSSR count). The third-order valence-corrected chi connectivity index (χ3v) is 7.33. The number of anilines is 1. The third kappa shape index (κ3) is 6.07.